The van der Waals surface area contributed by atoms with Crippen molar-refractivity contribution in [3.8, 4) is 16.9 Å². The summed E-state index contributed by atoms with van der Waals surface area (Å²) in [4.78, 5) is 0. The van der Waals surface area contributed by atoms with E-state index in [-0.39, 0.29) is 5.70 Å². The van der Waals surface area contributed by atoms with Gasteiger partial charge in [0.05, 0.1) is 7.11 Å². The third-order valence-corrected chi connectivity index (χ3v) is 4.90. The van der Waals surface area contributed by atoms with E-state index in [1.165, 1.54) is 30.0 Å². The molecule has 0 aliphatic carbocycles. The van der Waals surface area contributed by atoms with E-state index in [2.05, 4.69) is 49.9 Å². The van der Waals surface area contributed by atoms with Crippen LogP contribution in [-0.4, -0.2) is 29.5 Å². The highest BCUT2D eigenvalue weighted by atomic mass is 19.3. The Balaban J connectivity index is 0.000000311. The second-order valence-electron chi connectivity index (χ2n) is 7.06. The van der Waals surface area contributed by atoms with Gasteiger partial charge in [0.25, 0.3) is 6.43 Å². The summed E-state index contributed by atoms with van der Waals surface area (Å²) < 4.78 is 29.5. The number of ether oxygens (including phenoxy) is 1. The average molecular weight is 408 g/mol. The summed E-state index contributed by atoms with van der Waals surface area (Å²) in [6.07, 6.45) is -0.525. The van der Waals surface area contributed by atoms with Crippen LogP contribution in [0.5, 0.6) is 5.75 Å². The molecule has 0 fully saturated rings. The Morgan fingerprint density at radius 2 is 1.59 bits per heavy atom. The molecule has 6 heteroatoms. The molecule has 160 valence electrons. The Hall–Kier alpha value is -2.44. The predicted octanol–water partition coefficient (Wildman–Crippen LogP) is 5.45. The summed E-state index contributed by atoms with van der Waals surface area (Å²) in [6.45, 7) is 7.81. The Bertz CT molecular complexity index is 744. The monoisotopic (exact) mass is 407 g/mol. The Morgan fingerprint density at radius 1 is 1.10 bits per heavy atom. The van der Waals surface area contributed by atoms with Crippen LogP contribution >= 0.6 is 0 Å². The first kappa shape index (κ1) is 24.6. The molecule has 29 heavy (non-hydrogen) atoms. The number of nitrogens with one attached hydrogen (secondary N) is 1. The highest BCUT2D eigenvalue weighted by Gasteiger charge is 2.39. The molecule has 3 N–H and O–H groups in total. The van der Waals surface area contributed by atoms with E-state index in [0.29, 0.717) is 0 Å². The van der Waals surface area contributed by atoms with E-state index in [1.54, 1.807) is 12.6 Å². The van der Waals surface area contributed by atoms with Gasteiger partial charge in [-0.05, 0) is 42.2 Å². The molecule has 0 saturated heterocycles. The van der Waals surface area contributed by atoms with Crippen LogP contribution in [-0.2, 0) is 6.42 Å². The van der Waals surface area contributed by atoms with E-state index < -0.39 is 17.9 Å². The molecule has 0 saturated carbocycles. The van der Waals surface area contributed by atoms with Gasteiger partial charge in [-0.1, -0.05) is 63.2 Å². The average Bonchev–Trinajstić information content (AvgIpc) is 2.73. The van der Waals surface area contributed by atoms with Crippen LogP contribution in [0.1, 0.15) is 32.8 Å². The van der Waals surface area contributed by atoms with Gasteiger partial charge in [0.15, 0.2) is 0 Å². The smallest absolute Gasteiger partial charge is 0.267 e. The molecule has 0 aromatic heterocycles. The molecular weight excluding hydrogens is 376 g/mol. The predicted molar refractivity (Wildman–Crippen MR) is 112 cm³/mol. The molecule has 0 bridgehead atoms. The van der Waals surface area contributed by atoms with Crippen molar-refractivity contribution in [2.75, 3.05) is 7.11 Å². The largest absolute Gasteiger partial charge is 0.497 e. The zero-order valence-corrected chi connectivity index (χ0v) is 17.5. The topological polar surface area (TPSA) is 61.7 Å². The van der Waals surface area contributed by atoms with Gasteiger partial charge in [-0.2, -0.15) is 0 Å². The van der Waals surface area contributed by atoms with Crippen molar-refractivity contribution >= 4 is 0 Å². The van der Waals surface area contributed by atoms with E-state index in [4.69, 9.17) is 9.94 Å². The van der Waals surface area contributed by atoms with E-state index in [9.17, 15) is 13.9 Å². The number of alkyl halides is 2. The van der Waals surface area contributed by atoms with Gasteiger partial charge in [0.1, 0.15) is 11.4 Å². The fraction of sp³-hybridized carbons (Fsp3) is 0.391. The van der Waals surface area contributed by atoms with Crippen LogP contribution in [0.4, 0.5) is 8.78 Å². The van der Waals surface area contributed by atoms with E-state index in [0.717, 1.165) is 19.1 Å². The first-order valence-corrected chi connectivity index (χ1v) is 9.50. The van der Waals surface area contributed by atoms with Crippen molar-refractivity contribution < 1.29 is 23.8 Å². The van der Waals surface area contributed by atoms with Gasteiger partial charge in [0.2, 0.25) is 0 Å². The number of halogens is 2. The van der Waals surface area contributed by atoms with Gasteiger partial charge in [-0.25, -0.2) is 8.78 Å². The van der Waals surface area contributed by atoms with Gasteiger partial charge in [0, 0.05) is 11.6 Å². The minimum absolute atomic E-state index is 0.0414. The van der Waals surface area contributed by atoms with Gasteiger partial charge in [-0.15, -0.1) is 0 Å². The van der Waals surface area contributed by atoms with Gasteiger partial charge < -0.3 is 9.84 Å². The Kier molecular flexibility index (Phi) is 9.78. The van der Waals surface area contributed by atoms with Crippen molar-refractivity contribution in [1.82, 2.24) is 5.48 Å². The van der Waals surface area contributed by atoms with E-state index >= 15 is 0 Å². The molecular formula is C23H31F2NO3. The van der Waals surface area contributed by atoms with Gasteiger partial charge in [-0.3, -0.25) is 10.7 Å². The highest BCUT2D eigenvalue weighted by Crippen LogP contribution is 2.28. The third kappa shape index (κ3) is 7.15. The number of rotatable bonds is 8. The number of hydrogen-bond acceptors (Lipinski definition) is 4. The molecule has 0 heterocycles. The van der Waals surface area contributed by atoms with Crippen molar-refractivity contribution in [2.45, 2.75) is 45.6 Å². The first-order chi connectivity index (χ1) is 13.7. The summed E-state index contributed by atoms with van der Waals surface area (Å²) in [6, 6.07) is 17.0. The summed E-state index contributed by atoms with van der Waals surface area (Å²) in [5.41, 5.74) is 3.32. The van der Waals surface area contributed by atoms with Crippen LogP contribution in [0.25, 0.3) is 11.1 Å². The zero-order valence-electron chi connectivity index (χ0n) is 17.5. The first-order valence-electron chi connectivity index (χ1n) is 9.50. The second kappa shape index (κ2) is 11.5. The number of benzene rings is 2. The summed E-state index contributed by atoms with van der Waals surface area (Å²) in [7, 11) is 1.69. The number of methoxy groups -OCH3 is 1. The third-order valence-electron chi connectivity index (χ3n) is 4.90. The molecule has 2 rings (SSSR count). The molecule has 0 amide bonds. The molecule has 0 spiro atoms. The van der Waals surface area contributed by atoms with Crippen molar-refractivity contribution in [1.29, 1.82) is 0 Å². The van der Waals surface area contributed by atoms with Crippen LogP contribution in [0, 0.1) is 5.92 Å². The molecule has 4 nitrogen and oxygen atoms in total. The van der Waals surface area contributed by atoms with Crippen molar-refractivity contribution in [3.63, 3.8) is 0 Å². The molecule has 2 aromatic rings. The minimum atomic E-state index is -2.88. The molecule has 2 unspecified atom stereocenters. The molecule has 2 aromatic carbocycles. The maximum atomic E-state index is 12.2. The number of aliphatic hydroxyl groups is 1. The fourth-order valence-electron chi connectivity index (χ4n) is 2.57. The molecule has 0 radical (unpaired) electrons. The Labute approximate surface area is 171 Å². The van der Waals surface area contributed by atoms with Crippen LogP contribution < -0.4 is 10.2 Å². The minimum Gasteiger partial charge on any atom is -0.497 e. The quantitative estimate of drug-likeness (QED) is 0.510. The molecule has 2 atom stereocenters. The van der Waals surface area contributed by atoms with Crippen molar-refractivity contribution in [3.05, 3.63) is 66.4 Å². The highest BCUT2D eigenvalue weighted by molar-refractivity contribution is 5.64. The maximum Gasteiger partial charge on any atom is 0.267 e. The van der Waals surface area contributed by atoms with E-state index in [1.807, 2.05) is 12.1 Å². The lowest BCUT2D eigenvalue weighted by molar-refractivity contribution is -0.111. The van der Waals surface area contributed by atoms with Crippen LogP contribution in [0.15, 0.2) is 60.8 Å². The zero-order chi connectivity index (χ0) is 22.0. The normalized spacial score (nSPS) is 13.7. The fourth-order valence-corrected chi connectivity index (χ4v) is 2.57. The lowest BCUT2D eigenvalue weighted by Crippen LogP contribution is -2.43. The lowest BCUT2D eigenvalue weighted by Gasteiger charge is -2.29. The SMILES string of the molecule is C=C(NO)C(C)C(C)(O)C(F)F.CCCc1ccc(-c2ccc(OC)cc2)cc1. The standard InChI is InChI=1S/C16H18O.C7H13F2NO2/c1-3-4-13-5-7-14(8-6-13)15-9-11-16(17-2)12-10-15;1-4(5(2)10-12)7(3,11)6(8)9/h5-12H,3-4H2,1-2H3;4,6,10-12H,2H2,1,3H3. The summed E-state index contributed by atoms with van der Waals surface area (Å²) in [5, 5.41) is 17.5. The van der Waals surface area contributed by atoms with Crippen LogP contribution in [0.2, 0.25) is 0 Å². The van der Waals surface area contributed by atoms with Gasteiger partial charge >= 0.3 is 0 Å². The Morgan fingerprint density at radius 3 is 1.97 bits per heavy atom. The summed E-state index contributed by atoms with van der Waals surface area (Å²) in [5.74, 6) is -0.0288. The number of hydroxylamine groups is 1. The number of hydrogen-bond donors (Lipinski definition) is 3. The lowest BCUT2D eigenvalue weighted by atomic mass is 9.89. The summed E-state index contributed by atoms with van der Waals surface area (Å²) >= 11 is 0. The molecule has 0 aliphatic heterocycles. The molecule has 0 aliphatic rings. The second-order valence-corrected chi connectivity index (χ2v) is 7.06. The maximum absolute atomic E-state index is 12.2. The van der Waals surface area contributed by atoms with Crippen molar-refractivity contribution in [2.24, 2.45) is 5.92 Å². The number of aryl methyl sites for hydroxylation is 1. The van der Waals surface area contributed by atoms with Crippen LogP contribution in [0.3, 0.4) is 0 Å².